The van der Waals surface area contributed by atoms with Gasteiger partial charge in [0, 0.05) is 11.5 Å². The lowest BCUT2D eigenvalue weighted by molar-refractivity contribution is -0.188. The summed E-state index contributed by atoms with van der Waals surface area (Å²) in [4.78, 5) is 14.9. The van der Waals surface area contributed by atoms with Crippen LogP contribution in [0.4, 0.5) is 0 Å². The molecule has 2 saturated heterocycles. The first-order chi connectivity index (χ1) is 10.9. The highest BCUT2D eigenvalue weighted by atomic mass is 28.4. The van der Waals surface area contributed by atoms with Crippen LogP contribution in [0.2, 0.25) is 18.1 Å². The van der Waals surface area contributed by atoms with Gasteiger partial charge in [0.15, 0.2) is 20.2 Å². The third-order valence-corrected chi connectivity index (χ3v) is 9.44. The topological polar surface area (TPSA) is 103 Å². The molecule has 4 atom stereocenters. The van der Waals surface area contributed by atoms with Crippen LogP contribution in [0.25, 0.3) is 10.4 Å². The van der Waals surface area contributed by atoms with Gasteiger partial charge in [0.25, 0.3) is 0 Å². The lowest BCUT2D eigenvalue weighted by Gasteiger charge is -2.37. The molecule has 0 spiro atoms. The molecule has 0 aliphatic carbocycles. The number of hydrogen-bond donors (Lipinski definition) is 0. The van der Waals surface area contributed by atoms with Crippen molar-refractivity contribution in [2.45, 2.75) is 82.9 Å². The lowest BCUT2D eigenvalue weighted by Crippen LogP contribution is -2.46. The number of cyclic esters (lactones) is 1. The largest absolute Gasteiger partial charge is 0.457 e. The van der Waals surface area contributed by atoms with Crippen molar-refractivity contribution in [1.82, 2.24) is 0 Å². The first-order valence-corrected chi connectivity index (χ1v) is 11.0. The third kappa shape index (κ3) is 3.75. The van der Waals surface area contributed by atoms with Crippen molar-refractivity contribution in [2.24, 2.45) is 5.11 Å². The van der Waals surface area contributed by atoms with Crippen LogP contribution in [0, 0.1) is 0 Å². The number of esters is 1. The van der Waals surface area contributed by atoms with Crippen molar-refractivity contribution in [2.75, 3.05) is 6.61 Å². The Morgan fingerprint density at radius 1 is 1.38 bits per heavy atom. The first kappa shape index (κ1) is 19.2. The summed E-state index contributed by atoms with van der Waals surface area (Å²) in [5.41, 5.74) is 8.90. The van der Waals surface area contributed by atoms with Gasteiger partial charge in [-0.2, -0.15) is 0 Å². The minimum atomic E-state index is -2.02. The molecule has 2 rings (SSSR count). The van der Waals surface area contributed by atoms with E-state index in [2.05, 4.69) is 43.9 Å². The van der Waals surface area contributed by atoms with E-state index < -0.39 is 44.4 Å². The molecular formula is C15H27N3O5Si. The fourth-order valence-electron chi connectivity index (χ4n) is 2.55. The number of fused-ring (bicyclic) bond motifs is 1. The van der Waals surface area contributed by atoms with Crippen LogP contribution in [0.5, 0.6) is 0 Å². The summed E-state index contributed by atoms with van der Waals surface area (Å²) in [6, 6.07) is -0.652. The van der Waals surface area contributed by atoms with Crippen LogP contribution in [0.15, 0.2) is 5.11 Å². The van der Waals surface area contributed by atoms with Crippen LogP contribution in [-0.2, 0) is 23.4 Å². The summed E-state index contributed by atoms with van der Waals surface area (Å²) in [5.74, 6) is -1.35. The minimum Gasteiger partial charge on any atom is -0.457 e. The molecule has 0 N–H and O–H groups in total. The maximum atomic E-state index is 12.0. The lowest BCUT2D eigenvalue weighted by atomic mass is 10.1. The molecule has 0 aromatic heterocycles. The van der Waals surface area contributed by atoms with E-state index in [4.69, 9.17) is 24.2 Å². The van der Waals surface area contributed by atoms with E-state index in [1.165, 1.54) is 0 Å². The molecule has 0 amide bonds. The van der Waals surface area contributed by atoms with Crippen molar-refractivity contribution in [1.29, 1.82) is 0 Å². The zero-order valence-electron chi connectivity index (χ0n) is 15.4. The second-order valence-electron chi connectivity index (χ2n) is 8.27. The normalized spacial score (nSPS) is 30.5. The number of hydrogen-bond acceptors (Lipinski definition) is 6. The molecule has 2 heterocycles. The Morgan fingerprint density at radius 2 is 2.00 bits per heavy atom. The van der Waals surface area contributed by atoms with Crippen LogP contribution in [0.3, 0.4) is 0 Å². The number of nitrogens with zero attached hydrogens (tertiary/aromatic N) is 3. The van der Waals surface area contributed by atoms with Gasteiger partial charge in [-0.05, 0) is 37.5 Å². The smallest absolute Gasteiger partial charge is 0.338 e. The Bertz CT molecular complexity index is 554. The van der Waals surface area contributed by atoms with Crippen molar-refractivity contribution in [3.63, 3.8) is 0 Å². The molecule has 0 aromatic rings. The quantitative estimate of drug-likeness (QED) is 0.247. The van der Waals surface area contributed by atoms with Crippen LogP contribution in [-0.4, -0.2) is 51.0 Å². The molecule has 3 unspecified atom stereocenters. The third-order valence-electron chi connectivity index (χ3n) is 4.94. The molecule has 8 nitrogen and oxygen atoms in total. The van der Waals surface area contributed by atoms with E-state index in [0.717, 1.165) is 0 Å². The van der Waals surface area contributed by atoms with Gasteiger partial charge in [-0.3, -0.25) is 0 Å². The summed E-state index contributed by atoms with van der Waals surface area (Å²) in [5, 5.41) is 3.82. The molecule has 2 aliphatic rings. The molecule has 0 aromatic carbocycles. The number of rotatable bonds is 5. The van der Waals surface area contributed by atoms with E-state index in [1.54, 1.807) is 13.8 Å². The van der Waals surface area contributed by atoms with E-state index in [-0.39, 0.29) is 11.6 Å². The van der Waals surface area contributed by atoms with Gasteiger partial charge in [-0.25, -0.2) is 4.79 Å². The van der Waals surface area contributed by atoms with Crippen molar-refractivity contribution in [3.05, 3.63) is 10.4 Å². The number of azide groups is 1. The monoisotopic (exact) mass is 357 g/mol. The predicted octanol–water partition coefficient (Wildman–Crippen LogP) is 3.13. The Hall–Kier alpha value is -1.12. The van der Waals surface area contributed by atoms with Gasteiger partial charge in [0.2, 0.25) is 0 Å². The Balaban J connectivity index is 2.14. The van der Waals surface area contributed by atoms with Gasteiger partial charge < -0.3 is 18.6 Å². The van der Waals surface area contributed by atoms with Gasteiger partial charge in [-0.1, -0.05) is 25.9 Å². The summed E-state index contributed by atoms with van der Waals surface area (Å²) in [6.45, 7) is 14.3. The predicted molar refractivity (Wildman–Crippen MR) is 89.8 cm³/mol. The average molecular weight is 357 g/mol. The van der Waals surface area contributed by atoms with Gasteiger partial charge in [-0.15, -0.1) is 0 Å². The molecule has 24 heavy (non-hydrogen) atoms. The van der Waals surface area contributed by atoms with Gasteiger partial charge in [0.05, 0.1) is 6.04 Å². The van der Waals surface area contributed by atoms with Crippen molar-refractivity contribution >= 4 is 14.3 Å². The van der Waals surface area contributed by atoms with Crippen LogP contribution >= 0.6 is 0 Å². The maximum absolute atomic E-state index is 12.0. The molecule has 0 bridgehead atoms. The number of ether oxygens (including phenoxy) is 3. The fourth-order valence-corrected chi connectivity index (χ4v) is 3.57. The van der Waals surface area contributed by atoms with E-state index in [0.29, 0.717) is 0 Å². The SMILES string of the molecule is CC1(C)OC2C(=O)OC([C@@H](CO[Si](C)(C)C(C)(C)C)N=[N+]=[N-])C2O1. The van der Waals surface area contributed by atoms with E-state index in [1.807, 2.05) is 0 Å². The van der Waals surface area contributed by atoms with E-state index >= 15 is 0 Å². The second kappa shape index (κ2) is 6.31. The van der Waals surface area contributed by atoms with Gasteiger partial charge >= 0.3 is 5.97 Å². The summed E-state index contributed by atoms with van der Waals surface area (Å²) >= 11 is 0. The van der Waals surface area contributed by atoms with Crippen molar-refractivity contribution < 1.29 is 23.4 Å². The average Bonchev–Trinajstić information content (AvgIpc) is 2.88. The zero-order chi connectivity index (χ0) is 18.3. The zero-order valence-corrected chi connectivity index (χ0v) is 16.4. The Morgan fingerprint density at radius 3 is 2.54 bits per heavy atom. The van der Waals surface area contributed by atoms with Gasteiger partial charge in [0.1, 0.15) is 12.2 Å². The highest BCUT2D eigenvalue weighted by Crippen LogP contribution is 2.39. The molecule has 0 saturated carbocycles. The molecule has 9 heteroatoms. The second-order valence-corrected chi connectivity index (χ2v) is 13.1. The Labute approximate surface area is 143 Å². The summed E-state index contributed by atoms with van der Waals surface area (Å²) in [6.07, 6.45) is -2.08. The standard InChI is InChI=1S/C15H27N3O5Si/c1-14(2,3)24(6,7)20-8-9(17-18-16)10-11-12(13(19)21-10)23-15(4,5)22-11/h9-12H,8H2,1-7H3/t9-,10?,11?,12?/m1/s1. The number of carbonyl (C=O) groups is 1. The minimum absolute atomic E-state index is 0.0256. The highest BCUT2D eigenvalue weighted by molar-refractivity contribution is 6.74. The first-order valence-electron chi connectivity index (χ1n) is 8.12. The van der Waals surface area contributed by atoms with E-state index in [9.17, 15) is 4.79 Å². The molecule has 2 aliphatic heterocycles. The molecule has 136 valence electrons. The van der Waals surface area contributed by atoms with Crippen LogP contribution < -0.4 is 0 Å². The van der Waals surface area contributed by atoms with Crippen molar-refractivity contribution in [3.8, 4) is 0 Å². The highest BCUT2D eigenvalue weighted by Gasteiger charge is 2.58. The molecule has 0 radical (unpaired) electrons. The van der Waals surface area contributed by atoms with Crippen LogP contribution in [0.1, 0.15) is 34.6 Å². The Kier molecular flexibility index (Phi) is 5.05. The molecular weight excluding hydrogens is 330 g/mol. The fraction of sp³-hybridized carbons (Fsp3) is 0.933. The summed E-state index contributed by atoms with van der Waals surface area (Å²) < 4.78 is 22.9. The maximum Gasteiger partial charge on any atom is 0.338 e. The molecule has 2 fully saturated rings. The number of carbonyl (C=O) groups excluding carboxylic acids is 1. The summed E-state index contributed by atoms with van der Waals surface area (Å²) in [7, 11) is -2.02.